The topological polar surface area (TPSA) is 37.8 Å². The van der Waals surface area contributed by atoms with Gasteiger partial charge in [0.2, 0.25) is 0 Å². The highest BCUT2D eigenvalue weighted by Gasteiger charge is 2.15. The van der Waals surface area contributed by atoms with Gasteiger partial charge in [-0.1, -0.05) is 38.1 Å². The summed E-state index contributed by atoms with van der Waals surface area (Å²) < 4.78 is 0. The summed E-state index contributed by atoms with van der Waals surface area (Å²) in [5.41, 5.74) is 2.56. The second-order valence-electron chi connectivity index (χ2n) is 4.20. The van der Waals surface area contributed by atoms with Crippen LogP contribution >= 0.6 is 0 Å². The standard InChI is InChI=1S/C15H19N3/c1-3-12-7-5-8-13(11-12)14(16-4-2)15-17-9-6-10-18-15/h5-11,14,16H,3-4H2,1-2H3. The molecule has 0 amide bonds. The monoisotopic (exact) mass is 241 g/mol. The molecule has 0 radical (unpaired) electrons. The Morgan fingerprint density at radius 1 is 1.11 bits per heavy atom. The van der Waals surface area contributed by atoms with Crippen LogP contribution in [-0.4, -0.2) is 16.5 Å². The van der Waals surface area contributed by atoms with E-state index in [1.165, 1.54) is 11.1 Å². The first-order chi connectivity index (χ1) is 8.85. The van der Waals surface area contributed by atoms with E-state index in [0.29, 0.717) is 0 Å². The van der Waals surface area contributed by atoms with Gasteiger partial charge in [-0.2, -0.15) is 0 Å². The highest BCUT2D eigenvalue weighted by molar-refractivity contribution is 5.29. The zero-order valence-electron chi connectivity index (χ0n) is 10.9. The van der Waals surface area contributed by atoms with E-state index in [-0.39, 0.29) is 6.04 Å². The Hall–Kier alpha value is -1.74. The van der Waals surface area contributed by atoms with Gasteiger partial charge >= 0.3 is 0 Å². The first kappa shape index (κ1) is 12.7. The Balaban J connectivity index is 2.35. The Morgan fingerprint density at radius 2 is 1.89 bits per heavy atom. The van der Waals surface area contributed by atoms with Gasteiger partial charge in [0.1, 0.15) is 5.82 Å². The van der Waals surface area contributed by atoms with Gasteiger partial charge in [-0.05, 0) is 30.2 Å². The molecule has 0 saturated carbocycles. The van der Waals surface area contributed by atoms with Crippen molar-refractivity contribution in [3.8, 4) is 0 Å². The average molecular weight is 241 g/mol. The molecule has 1 N–H and O–H groups in total. The van der Waals surface area contributed by atoms with Gasteiger partial charge in [0, 0.05) is 12.4 Å². The van der Waals surface area contributed by atoms with Crippen molar-refractivity contribution in [3.05, 3.63) is 59.7 Å². The van der Waals surface area contributed by atoms with Crippen LogP contribution in [0.4, 0.5) is 0 Å². The molecule has 1 aromatic heterocycles. The smallest absolute Gasteiger partial charge is 0.149 e. The van der Waals surface area contributed by atoms with Gasteiger partial charge in [0.15, 0.2) is 0 Å². The van der Waals surface area contributed by atoms with Gasteiger partial charge in [-0.25, -0.2) is 9.97 Å². The van der Waals surface area contributed by atoms with Crippen molar-refractivity contribution in [2.45, 2.75) is 26.3 Å². The molecule has 0 spiro atoms. The Labute approximate surface area is 108 Å². The van der Waals surface area contributed by atoms with Crippen LogP contribution in [0.5, 0.6) is 0 Å². The lowest BCUT2D eigenvalue weighted by Crippen LogP contribution is -2.24. The van der Waals surface area contributed by atoms with Crippen molar-refractivity contribution < 1.29 is 0 Å². The largest absolute Gasteiger partial charge is 0.304 e. The highest BCUT2D eigenvalue weighted by Crippen LogP contribution is 2.19. The van der Waals surface area contributed by atoms with Crippen LogP contribution in [0.15, 0.2) is 42.7 Å². The van der Waals surface area contributed by atoms with Crippen LogP contribution in [0.25, 0.3) is 0 Å². The third kappa shape index (κ3) is 2.93. The molecule has 94 valence electrons. The molecule has 2 rings (SSSR count). The number of hydrogen-bond donors (Lipinski definition) is 1. The van der Waals surface area contributed by atoms with E-state index >= 15 is 0 Å². The maximum Gasteiger partial charge on any atom is 0.149 e. The minimum Gasteiger partial charge on any atom is -0.304 e. The molecule has 1 heterocycles. The SMILES string of the molecule is CCNC(c1cccc(CC)c1)c1ncccn1. The fourth-order valence-corrected chi connectivity index (χ4v) is 2.01. The van der Waals surface area contributed by atoms with Crippen molar-refractivity contribution in [2.75, 3.05) is 6.54 Å². The summed E-state index contributed by atoms with van der Waals surface area (Å²) in [6.45, 7) is 5.15. The lowest BCUT2D eigenvalue weighted by Gasteiger charge is -2.17. The molecule has 3 heteroatoms. The molecule has 0 fully saturated rings. The normalized spacial score (nSPS) is 12.3. The van der Waals surface area contributed by atoms with Crippen LogP contribution < -0.4 is 5.32 Å². The molecule has 1 atom stereocenters. The van der Waals surface area contributed by atoms with Crippen molar-refractivity contribution in [1.82, 2.24) is 15.3 Å². The Bertz CT molecular complexity index is 482. The summed E-state index contributed by atoms with van der Waals surface area (Å²) in [6.07, 6.45) is 4.62. The molecular weight excluding hydrogens is 222 g/mol. The van der Waals surface area contributed by atoms with E-state index in [2.05, 4.69) is 53.4 Å². The number of benzene rings is 1. The van der Waals surface area contributed by atoms with Crippen LogP contribution in [-0.2, 0) is 6.42 Å². The fraction of sp³-hybridized carbons (Fsp3) is 0.333. The van der Waals surface area contributed by atoms with Gasteiger partial charge in [0.25, 0.3) is 0 Å². The van der Waals surface area contributed by atoms with Gasteiger partial charge < -0.3 is 5.32 Å². The summed E-state index contributed by atoms with van der Waals surface area (Å²) in [5.74, 6) is 0.826. The Kier molecular flexibility index (Phi) is 4.42. The molecule has 0 bridgehead atoms. The zero-order chi connectivity index (χ0) is 12.8. The predicted molar refractivity (Wildman–Crippen MR) is 73.4 cm³/mol. The first-order valence-corrected chi connectivity index (χ1v) is 6.44. The summed E-state index contributed by atoms with van der Waals surface area (Å²) in [4.78, 5) is 8.71. The van der Waals surface area contributed by atoms with Crippen LogP contribution in [0.1, 0.15) is 36.8 Å². The molecular formula is C15H19N3. The minimum atomic E-state index is 0.0719. The van der Waals surface area contributed by atoms with Crippen LogP contribution in [0.3, 0.4) is 0 Å². The van der Waals surface area contributed by atoms with E-state index in [9.17, 15) is 0 Å². The number of hydrogen-bond acceptors (Lipinski definition) is 3. The van der Waals surface area contributed by atoms with E-state index in [4.69, 9.17) is 0 Å². The van der Waals surface area contributed by atoms with Crippen LogP contribution in [0.2, 0.25) is 0 Å². The Morgan fingerprint density at radius 3 is 2.56 bits per heavy atom. The molecule has 1 unspecified atom stereocenters. The van der Waals surface area contributed by atoms with E-state index in [1.54, 1.807) is 12.4 Å². The summed E-state index contributed by atoms with van der Waals surface area (Å²) in [5, 5.41) is 3.44. The first-order valence-electron chi connectivity index (χ1n) is 6.44. The highest BCUT2D eigenvalue weighted by atomic mass is 15.0. The molecule has 18 heavy (non-hydrogen) atoms. The number of aryl methyl sites for hydroxylation is 1. The maximum absolute atomic E-state index is 4.36. The maximum atomic E-state index is 4.36. The zero-order valence-corrected chi connectivity index (χ0v) is 10.9. The number of nitrogens with one attached hydrogen (secondary N) is 1. The minimum absolute atomic E-state index is 0.0719. The number of nitrogens with zero attached hydrogens (tertiary/aromatic N) is 2. The summed E-state index contributed by atoms with van der Waals surface area (Å²) >= 11 is 0. The van der Waals surface area contributed by atoms with Gasteiger partial charge in [-0.3, -0.25) is 0 Å². The predicted octanol–water partition coefficient (Wildman–Crippen LogP) is 2.74. The summed E-state index contributed by atoms with van der Waals surface area (Å²) in [6, 6.07) is 10.5. The average Bonchev–Trinajstić information content (AvgIpc) is 2.46. The molecule has 2 aromatic rings. The van der Waals surface area contributed by atoms with Crippen molar-refractivity contribution in [3.63, 3.8) is 0 Å². The second kappa shape index (κ2) is 6.26. The molecule has 0 aliphatic heterocycles. The molecule has 1 aromatic carbocycles. The lowest BCUT2D eigenvalue weighted by atomic mass is 10.0. The lowest BCUT2D eigenvalue weighted by molar-refractivity contribution is 0.597. The van der Waals surface area contributed by atoms with Gasteiger partial charge in [0.05, 0.1) is 6.04 Å². The third-order valence-corrected chi connectivity index (χ3v) is 2.94. The van der Waals surface area contributed by atoms with Crippen molar-refractivity contribution in [2.24, 2.45) is 0 Å². The summed E-state index contributed by atoms with van der Waals surface area (Å²) in [7, 11) is 0. The van der Waals surface area contributed by atoms with Crippen molar-refractivity contribution in [1.29, 1.82) is 0 Å². The van der Waals surface area contributed by atoms with E-state index < -0.39 is 0 Å². The second-order valence-corrected chi connectivity index (χ2v) is 4.20. The van der Waals surface area contributed by atoms with Gasteiger partial charge in [-0.15, -0.1) is 0 Å². The molecule has 0 aliphatic carbocycles. The third-order valence-electron chi connectivity index (χ3n) is 2.94. The van der Waals surface area contributed by atoms with E-state index in [0.717, 1.165) is 18.8 Å². The number of rotatable bonds is 5. The number of aromatic nitrogens is 2. The molecule has 3 nitrogen and oxygen atoms in total. The van der Waals surface area contributed by atoms with Crippen molar-refractivity contribution >= 4 is 0 Å². The van der Waals surface area contributed by atoms with Crippen LogP contribution in [0, 0.1) is 0 Å². The fourth-order valence-electron chi connectivity index (χ4n) is 2.01. The molecule has 0 aliphatic rings. The molecule has 0 saturated heterocycles. The van der Waals surface area contributed by atoms with E-state index in [1.807, 2.05) is 6.07 Å². The quantitative estimate of drug-likeness (QED) is 0.874.